The highest BCUT2D eigenvalue weighted by Crippen LogP contribution is 2.27. The lowest BCUT2D eigenvalue weighted by Crippen LogP contribution is -2.37. The molecule has 2 saturated heterocycles. The molecule has 2 aliphatic heterocycles. The van der Waals surface area contributed by atoms with Gasteiger partial charge in [-0.3, -0.25) is 4.79 Å². The number of anilines is 1. The van der Waals surface area contributed by atoms with Gasteiger partial charge in [-0.2, -0.15) is 13.9 Å². The molecule has 0 aliphatic carbocycles. The molecule has 2 fully saturated rings. The Morgan fingerprint density at radius 1 is 1.31 bits per heavy atom. The SMILES string of the molecule is Cc1cc(C(=O)NC2CCN(c3nccc(C4CCOCC4)n3)C2)nn1C(F)F. The summed E-state index contributed by atoms with van der Waals surface area (Å²) < 4.78 is 31.7. The van der Waals surface area contributed by atoms with E-state index in [2.05, 4.69) is 15.4 Å². The fourth-order valence-electron chi connectivity index (χ4n) is 3.85. The van der Waals surface area contributed by atoms with E-state index in [0.29, 0.717) is 29.6 Å². The summed E-state index contributed by atoms with van der Waals surface area (Å²) in [5, 5.41) is 6.58. The van der Waals surface area contributed by atoms with Crippen molar-refractivity contribution in [3.63, 3.8) is 0 Å². The first-order chi connectivity index (χ1) is 14.0. The molecule has 8 nitrogen and oxygen atoms in total. The molecule has 0 spiro atoms. The minimum atomic E-state index is -2.77. The van der Waals surface area contributed by atoms with Crippen molar-refractivity contribution in [2.75, 3.05) is 31.2 Å². The van der Waals surface area contributed by atoms with Crippen LogP contribution in [-0.4, -0.2) is 58.0 Å². The number of hydrogen-bond acceptors (Lipinski definition) is 6. The van der Waals surface area contributed by atoms with Crippen LogP contribution in [0.5, 0.6) is 0 Å². The van der Waals surface area contributed by atoms with E-state index in [-0.39, 0.29) is 17.4 Å². The van der Waals surface area contributed by atoms with Crippen LogP contribution in [0.1, 0.15) is 53.6 Å². The van der Waals surface area contributed by atoms with Crippen molar-refractivity contribution in [1.82, 2.24) is 25.1 Å². The maximum absolute atomic E-state index is 12.9. The predicted molar refractivity (Wildman–Crippen MR) is 101 cm³/mol. The number of alkyl halides is 2. The summed E-state index contributed by atoms with van der Waals surface area (Å²) >= 11 is 0. The van der Waals surface area contributed by atoms with Gasteiger partial charge in [-0.25, -0.2) is 14.6 Å². The number of ether oxygens (including phenoxy) is 1. The Hall–Kier alpha value is -2.62. The van der Waals surface area contributed by atoms with Crippen LogP contribution in [0.2, 0.25) is 0 Å². The predicted octanol–water partition coefficient (Wildman–Crippen LogP) is 2.28. The summed E-state index contributed by atoms with van der Waals surface area (Å²) in [5.41, 5.74) is 1.27. The number of amides is 1. The van der Waals surface area contributed by atoms with Crippen molar-refractivity contribution in [3.05, 3.63) is 35.4 Å². The summed E-state index contributed by atoms with van der Waals surface area (Å²) in [4.78, 5) is 23.6. The summed E-state index contributed by atoms with van der Waals surface area (Å²) in [5.74, 6) is 0.594. The first-order valence-electron chi connectivity index (χ1n) is 9.82. The number of carbonyl (C=O) groups excluding carboxylic acids is 1. The lowest BCUT2D eigenvalue weighted by molar-refractivity contribution is 0.0538. The van der Waals surface area contributed by atoms with Gasteiger partial charge in [0.05, 0.1) is 0 Å². The second-order valence-electron chi connectivity index (χ2n) is 7.47. The van der Waals surface area contributed by atoms with Crippen LogP contribution < -0.4 is 10.2 Å². The van der Waals surface area contributed by atoms with Crippen molar-refractivity contribution in [3.8, 4) is 0 Å². The second-order valence-corrected chi connectivity index (χ2v) is 7.47. The Balaban J connectivity index is 1.38. The van der Waals surface area contributed by atoms with Gasteiger partial charge >= 0.3 is 6.55 Å². The molecule has 1 amide bonds. The number of halogens is 2. The number of aromatic nitrogens is 4. The van der Waals surface area contributed by atoms with E-state index in [0.717, 1.165) is 38.2 Å². The fraction of sp³-hybridized carbons (Fsp3) is 0.579. The van der Waals surface area contributed by atoms with Crippen LogP contribution in [0.3, 0.4) is 0 Å². The number of rotatable bonds is 5. The number of aryl methyl sites for hydroxylation is 1. The molecule has 1 unspecified atom stereocenters. The van der Waals surface area contributed by atoms with E-state index in [4.69, 9.17) is 9.72 Å². The zero-order valence-corrected chi connectivity index (χ0v) is 16.2. The molecule has 29 heavy (non-hydrogen) atoms. The van der Waals surface area contributed by atoms with E-state index in [1.807, 2.05) is 11.0 Å². The van der Waals surface area contributed by atoms with Gasteiger partial charge in [0.2, 0.25) is 5.95 Å². The number of hydrogen-bond donors (Lipinski definition) is 1. The average Bonchev–Trinajstić information content (AvgIpc) is 3.35. The van der Waals surface area contributed by atoms with Crippen molar-refractivity contribution in [2.45, 2.75) is 44.7 Å². The molecule has 2 aromatic rings. The molecule has 4 heterocycles. The van der Waals surface area contributed by atoms with Crippen LogP contribution >= 0.6 is 0 Å². The lowest BCUT2D eigenvalue weighted by atomic mass is 9.96. The highest BCUT2D eigenvalue weighted by molar-refractivity contribution is 5.92. The van der Waals surface area contributed by atoms with Gasteiger partial charge in [-0.1, -0.05) is 0 Å². The van der Waals surface area contributed by atoms with Crippen molar-refractivity contribution in [1.29, 1.82) is 0 Å². The Labute approximate surface area is 167 Å². The van der Waals surface area contributed by atoms with Crippen LogP contribution in [0.25, 0.3) is 0 Å². The summed E-state index contributed by atoms with van der Waals surface area (Å²) in [6, 6.07) is 3.21. The van der Waals surface area contributed by atoms with Gasteiger partial charge in [0.1, 0.15) is 0 Å². The Bertz CT molecular complexity index is 868. The summed E-state index contributed by atoms with van der Waals surface area (Å²) in [6.07, 6.45) is 4.42. The normalized spacial score (nSPS) is 20.4. The maximum Gasteiger partial charge on any atom is 0.333 e. The minimum absolute atomic E-state index is 0.000912. The molecule has 0 bridgehead atoms. The first kappa shape index (κ1) is 19.7. The van der Waals surface area contributed by atoms with E-state index >= 15 is 0 Å². The van der Waals surface area contributed by atoms with Crippen molar-refractivity contribution in [2.24, 2.45) is 0 Å². The van der Waals surface area contributed by atoms with E-state index in [1.165, 1.54) is 13.0 Å². The molecular weight excluding hydrogens is 382 g/mol. The third-order valence-electron chi connectivity index (χ3n) is 5.45. The molecule has 2 aliphatic rings. The molecule has 4 rings (SSSR count). The molecule has 0 radical (unpaired) electrons. The van der Waals surface area contributed by atoms with Crippen LogP contribution in [0.15, 0.2) is 18.3 Å². The molecule has 2 aromatic heterocycles. The van der Waals surface area contributed by atoms with Gasteiger partial charge in [-0.15, -0.1) is 0 Å². The Kier molecular flexibility index (Phi) is 5.70. The summed E-state index contributed by atoms with van der Waals surface area (Å²) in [6.45, 7) is 1.52. The highest BCUT2D eigenvalue weighted by atomic mass is 19.3. The van der Waals surface area contributed by atoms with E-state index in [1.54, 1.807) is 6.20 Å². The molecule has 0 aromatic carbocycles. The third-order valence-corrected chi connectivity index (χ3v) is 5.45. The third kappa shape index (κ3) is 4.36. The number of nitrogens with zero attached hydrogens (tertiary/aromatic N) is 5. The Morgan fingerprint density at radius 2 is 2.10 bits per heavy atom. The summed E-state index contributed by atoms with van der Waals surface area (Å²) in [7, 11) is 0. The number of carbonyl (C=O) groups is 1. The zero-order valence-electron chi connectivity index (χ0n) is 16.2. The van der Waals surface area contributed by atoms with Gasteiger partial charge in [0, 0.05) is 55.8 Å². The van der Waals surface area contributed by atoms with E-state index < -0.39 is 12.5 Å². The van der Waals surface area contributed by atoms with Gasteiger partial charge in [0.25, 0.3) is 5.91 Å². The van der Waals surface area contributed by atoms with E-state index in [9.17, 15) is 13.6 Å². The smallest absolute Gasteiger partial charge is 0.333 e. The molecule has 156 valence electrons. The number of nitrogens with one attached hydrogen (secondary N) is 1. The van der Waals surface area contributed by atoms with Crippen molar-refractivity contribution >= 4 is 11.9 Å². The molecule has 10 heteroatoms. The highest BCUT2D eigenvalue weighted by Gasteiger charge is 2.28. The lowest BCUT2D eigenvalue weighted by Gasteiger charge is -2.23. The quantitative estimate of drug-likeness (QED) is 0.820. The largest absolute Gasteiger partial charge is 0.381 e. The van der Waals surface area contributed by atoms with Crippen LogP contribution in [-0.2, 0) is 4.74 Å². The maximum atomic E-state index is 12.9. The Morgan fingerprint density at radius 3 is 2.83 bits per heavy atom. The van der Waals surface area contributed by atoms with Gasteiger partial charge < -0.3 is 15.0 Å². The van der Waals surface area contributed by atoms with Crippen molar-refractivity contribution < 1.29 is 18.3 Å². The van der Waals surface area contributed by atoms with Crippen LogP contribution in [0.4, 0.5) is 14.7 Å². The van der Waals surface area contributed by atoms with Gasteiger partial charge in [-0.05, 0) is 38.3 Å². The second kappa shape index (κ2) is 8.40. The topological polar surface area (TPSA) is 85.2 Å². The van der Waals surface area contributed by atoms with Crippen LogP contribution in [0, 0.1) is 6.92 Å². The monoisotopic (exact) mass is 406 g/mol. The first-order valence-corrected chi connectivity index (χ1v) is 9.82. The molecule has 0 saturated carbocycles. The average molecular weight is 406 g/mol. The molecular formula is C19H24F2N6O2. The standard InChI is InChI=1S/C19H24F2N6O2/c1-12-10-16(25-27(12)18(20)21)17(28)23-14-3-7-26(11-14)19-22-6-2-15(24-19)13-4-8-29-9-5-13/h2,6,10,13-14,18H,3-5,7-9,11H2,1H3,(H,23,28). The fourth-order valence-corrected chi connectivity index (χ4v) is 3.85. The zero-order chi connectivity index (χ0) is 20.4. The molecule has 1 N–H and O–H groups in total. The van der Waals surface area contributed by atoms with Gasteiger partial charge in [0.15, 0.2) is 5.69 Å². The minimum Gasteiger partial charge on any atom is -0.381 e. The molecule has 1 atom stereocenters.